The maximum Gasteiger partial charge on any atom is 0.248 e. The number of hydrogen-bond donors (Lipinski definition) is 3. The van der Waals surface area contributed by atoms with Gasteiger partial charge in [0.05, 0.1) is 30.5 Å². The maximum atomic E-state index is 11.9. The number of methoxy groups -OCH3 is 1. The fourth-order valence-corrected chi connectivity index (χ4v) is 4.89. The third-order valence-electron chi connectivity index (χ3n) is 6.46. The average Bonchev–Trinajstić information content (AvgIpc) is 3.59. The number of nitrogens with two attached hydrogens (primary N) is 1. The van der Waals surface area contributed by atoms with Crippen molar-refractivity contribution in [1.29, 1.82) is 5.26 Å². The molecule has 4 rings (SSSR count). The Kier molecular flexibility index (Phi) is 5.50. The molecule has 0 aromatic heterocycles. The number of amides is 1. The minimum absolute atomic E-state index is 0.128. The number of carbonyl (C=O) groups is 1. The molecular weight excluding hydrogens is 392 g/mol. The summed E-state index contributed by atoms with van der Waals surface area (Å²) in [5.74, 6) is 0.747. The first-order valence-corrected chi connectivity index (χ1v) is 10.6. The molecule has 2 aromatic rings. The number of primary amides is 1. The van der Waals surface area contributed by atoms with Crippen LogP contribution in [0.15, 0.2) is 36.4 Å². The summed E-state index contributed by atoms with van der Waals surface area (Å²) in [6.07, 6.45) is 1.62. The topological polar surface area (TPSA) is 112 Å². The summed E-state index contributed by atoms with van der Waals surface area (Å²) in [7, 11) is 1.58. The summed E-state index contributed by atoms with van der Waals surface area (Å²) in [6.45, 7) is 3.96. The molecule has 1 aliphatic heterocycles. The normalized spacial score (nSPS) is 23.5. The van der Waals surface area contributed by atoms with Crippen LogP contribution in [0.4, 0.5) is 11.4 Å². The molecular formula is C24H28N4O3. The number of hydrogen-bond acceptors (Lipinski definition) is 6. The van der Waals surface area contributed by atoms with Crippen molar-refractivity contribution in [3.8, 4) is 11.8 Å². The van der Waals surface area contributed by atoms with Crippen LogP contribution in [0.25, 0.3) is 0 Å². The number of aliphatic hydroxyl groups excluding tert-OH is 1. The van der Waals surface area contributed by atoms with Crippen molar-refractivity contribution in [2.75, 3.05) is 17.3 Å². The lowest BCUT2D eigenvalue weighted by molar-refractivity contribution is 0.1000. The highest BCUT2D eigenvalue weighted by Gasteiger charge is 2.47. The maximum absolute atomic E-state index is 11.9. The van der Waals surface area contributed by atoms with Gasteiger partial charge in [0.25, 0.3) is 0 Å². The first-order chi connectivity index (χ1) is 14.8. The van der Waals surface area contributed by atoms with Gasteiger partial charge in [-0.3, -0.25) is 4.79 Å². The van der Waals surface area contributed by atoms with Crippen molar-refractivity contribution in [2.24, 2.45) is 17.6 Å². The number of fused-ring (bicyclic) bond motifs is 1. The van der Waals surface area contributed by atoms with Crippen molar-refractivity contribution >= 4 is 17.3 Å². The van der Waals surface area contributed by atoms with E-state index in [1.165, 1.54) is 0 Å². The molecule has 1 saturated carbocycles. The predicted molar refractivity (Wildman–Crippen MR) is 119 cm³/mol. The quantitative estimate of drug-likeness (QED) is 0.660. The zero-order chi connectivity index (χ0) is 22.3. The van der Waals surface area contributed by atoms with Crippen molar-refractivity contribution < 1.29 is 14.6 Å². The number of nitrogens with zero attached hydrogens (tertiary/aromatic N) is 2. The van der Waals surface area contributed by atoms with Crippen LogP contribution >= 0.6 is 0 Å². The lowest BCUT2D eigenvalue weighted by Gasteiger charge is -2.48. The van der Waals surface area contributed by atoms with Gasteiger partial charge < -0.3 is 25.8 Å². The van der Waals surface area contributed by atoms with Gasteiger partial charge in [-0.05, 0) is 61.6 Å². The highest BCUT2D eigenvalue weighted by atomic mass is 16.5. The Balaban J connectivity index is 1.83. The Bertz CT molecular complexity index is 1040. The predicted octanol–water partition coefficient (Wildman–Crippen LogP) is 3.39. The molecule has 0 saturated heterocycles. The Morgan fingerprint density at radius 1 is 1.32 bits per heavy atom. The van der Waals surface area contributed by atoms with E-state index in [9.17, 15) is 15.2 Å². The molecule has 1 unspecified atom stereocenters. The van der Waals surface area contributed by atoms with Gasteiger partial charge in [-0.25, -0.2) is 0 Å². The molecule has 0 bridgehead atoms. The van der Waals surface area contributed by atoms with E-state index in [4.69, 9.17) is 10.5 Å². The van der Waals surface area contributed by atoms with Crippen molar-refractivity contribution in [1.82, 2.24) is 0 Å². The average molecular weight is 421 g/mol. The van der Waals surface area contributed by atoms with E-state index in [1.54, 1.807) is 32.2 Å². The molecule has 1 amide bonds. The number of anilines is 2. The van der Waals surface area contributed by atoms with E-state index in [-0.39, 0.29) is 18.0 Å². The Labute approximate surface area is 182 Å². The van der Waals surface area contributed by atoms with E-state index >= 15 is 0 Å². The number of ether oxygens (including phenoxy) is 1. The molecule has 0 radical (unpaired) electrons. The van der Waals surface area contributed by atoms with Crippen molar-refractivity contribution in [2.45, 2.75) is 45.0 Å². The second-order valence-corrected chi connectivity index (χ2v) is 8.51. The number of aliphatic hydroxyl groups is 1. The molecule has 4 N–H and O–H groups in total. The highest BCUT2D eigenvalue weighted by molar-refractivity contribution is 5.93. The van der Waals surface area contributed by atoms with E-state index in [2.05, 4.69) is 23.2 Å². The second-order valence-electron chi connectivity index (χ2n) is 8.51. The molecule has 2 aliphatic rings. The number of carbonyl (C=O) groups excluding carboxylic acids is 1. The third kappa shape index (κ3) is 3.79. The fourth-order valence-electron chi connectivity index (χ4n) is 4.89. The van der Waals surface area contributed by atoms with Gasteiger partial charge >= 0.3 is 0 Å². The second kappa shape index (κ2) is 8.12. The van der Waals surface area contributed by atoms with Crippen molar-refractivity contribution in [3.05, 3.63) is 53.1 Å². The van der Waals surface area contributed by atoms with E-state index in [0.29, 0.717) is 22.8 Å². The molecule has 7 nitrogen and oxygen atoms in total. The van der Waals surface area contributed by atoms with Crippen LogP contribution in [0.3, 0.4) is 0 Å². The lowest BCUT2D eigenvalue weighted by atomic mass is 9.79. The van der Waals surface area contributed by atoms with Crippen LogP contribution in [-0.4, -0.2) is 30.4 Å². The van der Waals surface area contributed by atoms with E-state index < -0.39 is 12.1 Å². The Morgan fingerprint density at radius 3 is 2.65 bits per heavy atom. The van der Waals surface area contributed by atoms with Gasteiger partial charge in [0.15, 0.2) is 0 Å². The zero-order valence-electron chi connectivity index (χ0n) is 18.0. The number of rotatable bonds is 6. The Morgan fingerprint density at radius 2 is 2.06 bits per heavy atom. The monoisotopic (exact) mass is 420 g/mol. The van der Waals surface area contributed by atoms with Crippen LogP contribution in [0.2, 0.25) is 0 Å². The van der Waals surface area contributed by atoms with E-state index in [0.717, 1.165) is 29.8 Å². The molecule has 7 heteroatoms. The molecule has 1 aliphatic carbocycles. The van der Waals surface area contributed by atoms with Gasteiger partial charge in [0.1, 0.15) is 12.0 Å². The van der Waals surface area contributed by atoms with Crippen LogP contribution in [0.1, 0.15) is 54.2 Å². The molecule has 31 heavy (non-hydrogen) atoms. The third-order valence-corrected chi connectivity index (χ3v) is 6.46. The number of benzene rings is 2. The molecule has 1 heterocycles. The first kappa shape index (κ1) is 21.0. The standard InChI is InChI=1S/C24H28N4O3/c1-13-22(27-19-8-4-15(12-25)10-21(19)31-3)18-11-17(24(26)30)7-9-20(18)28(14(2)29)23(13)16-5-6-16/h4,7-11,13-14,16,22-23,27,29H,5-6H2,1-3H3,(H2,26,30)/t13-,14?,22-,23-/m1/s1. The summed E-state index contributed by atoms with van der Waals surface area (Å²) in [6, 6.07) is 12.9. The highest BCUT2D eigenvalue weighted by Crippen LogP contribution is 2.51. The van der Waals surface area contributed by atoms with Crippen LogP contribution < -0.4 is 20.7 Å². The van der Waals surface area contributed by atoms with Crippen LogP contribution in [0.5, 0.6) is 5.75 Å². The summed E-state index contributed by atoms with van der Waals surface area (Å²) in [4.78, 5) is 14.0. The molecule has 162 valence electrons. The number of nitriles is 1. The summed E-state index contributed by atoms with van der Waals surface area (Å²) in [5.41, 5.74) is 9.10. The van der Waals surface area contributed by atoms with E-state index in [1.807, 2.05) is 18.2 Å². The van der Waals surface area contributed by atoms with Crippen LogP contribution in [-0.2, 0) is 0 Å². The fraction of sp³-hybridized carbons (Fsp3) is 0.417. The first-order valence-electron chi connectivity index (χ1n) is 10.6. The smallest absolute Gasteiger partial charge is 0.248 e. The molecule has 2 aromatic carbocycles. The summed E-state index contributed by atoms with van der Waals surface area (Å²) < 4.78 is 5.52. The largest absolute Gasteiger partial charge is 0.495 e. The van der Waals surface area contributed by atoms with Gasteiger partial charge in [0.2, 0.25) is 5.91 Å². The Hall–Kier alpha value is -3.24. The van der Waals surface area contributed by atoms with Gasteiger partial charge in [-0.1, -0.05) is 6.92 Å². The number of nitrogens with one attached hydrogen (secondary N) is 1. The zero-order valence-corrected chi connectivity index (χ0v) is 18.0. The summed E-state index contributed by atoms with van der Waals surface area (Å²) >= 11 is 0. The van der Waals surface area contributed by atoms with Gasteiger partial charge in [-0.15, -0.1) is 0 Å². The molecule has 0 spiro atoms. The summed E-state index contributed by atoms with van der Waals surface area (Å²) in [5, 5.41) is 23.5. The van der Waals surface area contributed by atoms with Gasteiger partial charge in [-0.2, -0.15) is 5.26 Å². The van der Waals surface area contributed by atoms with Gasteiger partial charge in [0, 0.05) is 29.3 Å². The SMILES string of the molecule is COc1cc(C#N)ccc1N[C@H]1c2cc(C(N)=O)ccc2N(C(C)O)[C@@H](C2CC2)[C@@H]1C. The minimum atomic E-state index is -0.656. The lowest BCUT2D eigenvalue weighted by Crippen LogP contribution is -2.52. The molecule has 4 atom stereocenters. The minimum Gasteiger partial charge on any atom is -0.495 e. The van der Waals surface area contributed by atoms with Crippen LogP contribution in [0, 0.1) is 23.2 Å². The molecule has 1 fully saturated rings. The van der Waals surface area contributed by atoms with Crippen molar-refractivity contribution in [3.63, 3.8) is 0 Å².